The summed E-state index contributed by atoms with van der Waals surface area (Å²) in [4.78, 5) is 24.2. The van der Waals surface area contributed by atoms with Gasteiger partial charge in [-0.3, -0.25) is 9.59 Å². The summed E-state index contributed by atoms with van der Waals surface area (Å²) in [5.74, 6) is -0.103. The van der Waals surface area contributed by atoms with E-state index in [4.69, 9.17) is 0 Å². The van der Waals surface area contributed by atoms with E-state index in [2.05, 4.69) is 10.6 Å². The van der Waals surface area contributed by atoms with Gasteiger partial charge < -0.3 is 10.6 Å². The Labute approximate surface area is 152 Å². The van der Waals surface area contributed by atoms with Crippen molar-refractivity contribution in [2.75, 3.05) is 6.54 Å². The predicted octanol–water partition coefficient (Wildman–Crippen LogP) is 3.60. The lowest BCUT2D eigenvalue weighted by molar-refractivity contribution is -0.122. The van der Waals surface area contributed by atoms with Crippen molar-refractivity contribution >= 4 is 11.8 Å². The molecule has 2 aromatic rings. The lowest BCUT2D eigenvalue weighted by Crippen LogP contribution is -2.31. The molecule has 1 unspecified atom stereocenters. The summed E-state index contributed by atoms with van der Waals surface area (Å²) in [5, 5.41) is 5.88. The molecule has 0 spiro atoms. The normalized spacial score (nSPS) is 14.5. The minimum atomic E-state index is -0.373. The Morgan fingerprint density at radius 2 is 1.73 bits per heavy atom. The van der Waals surface area contributed by atoms with E-state index < -0.39 is 0 Å². The highest BCUT2D eigenvalue weighted by Crippen LogP contribution is 2.40. The Bertz CT molecular complexity index is 742. The first-order valence-corrected chi connectivity index (χ1v) is 9.01. The fourth-order valence-corrected chi connectivity index (χ4v) is 2.96. The van der Waals surface area contributed by atoms with Gasteiger partial charge in [-0.1, -0.05) is 30.3 Å². The summed E-state index contributed by atoms with van der Waals surface area (Å²) in [6.07, 6.45) is 3.21. The maximum absolute atomic E-state index is 12.9. The van der Waals surface area contributed by atoms with Crippen LogP contribution in [0.3, 0.4) is 0 Å². The molecule has 5 heteroatoms. The number of carbonyl (C=O) groups excluding carboxylic acids is 2. The minimum Gasteiger partial charge on any atom is -0.352 e. The molecule has 0 aliphatic heterocycles. The molecular weight excluding hydrogens is 331 g/mol. The van der Waals surface area contributed by atoms with Gasteiger partial charge in [0.2, 0.25) is 5.91 Å². The average Bonchev–Trinajstić information content (AvgIpc) is 3.49. The molecule has 1 saturated carbocycles. The van der Waals surface area contributed by atoms with Crippen molar-refractivity contribution in [1.29, 1.82) is 0 Å². The van der Waals surface area contributed by atoms with Crippen molar-refractivity contribution in [3.63, 3.8) is 0 Å². The van der Waals surface area contributed by atoms with Crippen molar-refractivity contribution in [1.82, 2.24) is 10.6 Å². The van der Waals surface area contributed by atoms with Crippen LogP contribution in [0.15, 0.2) is 54.6 Å². The van der Waals surface area contributed by atoms with Gasteiger partial charge in [-0.05, 0) is 55.0 Å². The Balaban J connectivity index is 1.41. The summed E-state index contributed by atoms with van der Waals surface area (Å²) >= 11 is 0. The van der Waals surface area contributed by atoms with Crippen molar-refractivity contribution < 1.29 is 14.0 Å². The van der Waals surface area contributed by atoms with E-state index in [0.29, 0.717) is 30.9 Å². The Kier molecular flexibility index (Phi) is 6.00. The zero-order chi connectivity index (χ0) is 18.4. The molecule has 4 nitrogen and oxygen atoms in total. The minimum absolute atomic E-state index is 0.00165. The Morgan fingerprint density at radius 1 is 1.04 bits per heavy atom. The number of benzene rings is 2. The van der Waals surface area contributed by atoms with Gasteiger partial charge in [0.25, 0.3) is 5.91 Å². The molecule has 1 aliphatic carbocycles. The molecule has 2 N–H and O–H groups in total. The van der Waals surface area contributed by atoms with Gasteiger partial charge in [-0.25, -0.2) is 4.39 Å². The maximum atomic E-state index is 12.9. The molecule has 0 bridgehead atoms. The highest BCUT2D eigenvalue weighted by atomic mass is 19.1. The van der Waals surface area contributed by atoms with Gasteiger partial charge in [-0.15, -0.1) is 0 Å². The number of rotatable bonds is 8. The van der Waals surface area contributed by atoms with Crippen molar-refractivity contribution in [2.45, 2.75) is 31.7 Å². The summed E-state index contributed by atoms with van der Waals surface area (Å²) < 4.78 is 12.9. The number of carbonyl (C=O) groups is 2. The molecule has 0 saturated heterocycles. The third-order valence-electron chi connectivity index (χ3n) is 4.54. The molecule has 0 heterocycles. The molecule has 3 rings (SSSR count). The van der Waals surface area contributed by atoms with Gasteiger partial charge >= 0.3 is 0 Å². The second-order valence-electron chi connectivity index (χ2n) is 6.66. The fraction of sp³-hybridized carbons (Fsp3) is 0.333. The molecule has 26 heavy (non-hydrogen) atoms. The standard InChI is InChI=1S/C21H23FN2O2/c22-18-12-10-17(11-13-18)21(26)23-14-4-7-19(25)24-20(16-8-9-16)15-5-2-1-3-6-15/h1-3,5-6,10-13,16,20H,4,7-9,14H2,(H,23,26)(H,24,25). The second kappa shape index (κ2) is 8.61. The van der Waals surface area contributed by atoms with Gasteiger partial charge in [-0.2, -0.15) is 0 Å². The lowest BCUT2D eigenvalue weighted by atomic mass is 10.0. The molecule has 2 aromatic carbocycles. The topological polar surface area (TPSA) is 58.2 Å². The average molecular weight is 354 g/mol. The van der Waals surface area contributed by atoms with E-state index in [9.17, 15) is 14.0 Å². The van der Waals surface area contributed by atoms with E-state index in [1.165, 1.54) is 24.3 Å². The second-order valence-corrected chi connectivity index (χ2v) is 6.66. The maximum Gasteiger partial charge on any atom is 0.251 e. The van der Waals surface area contributed by atoms with Crippen LogP contribution in [0.4, 0.5) is 4.39 Å². The predicted molar refractivity (Wildman–Crippen MR) is 98.0 cm³/mol. The van der Waals surface area contributed by atoms with Crippen LogP contribution in [0.5, 0.6) is 0 Å². The number of hydrogen-bond acceptors (Lipinski definition) is 2. The van der Waals surface area contributed by atoms with Gasteiger partial charge in [0.15, 0.2) is 0 Å². The van der Waals surface area contributed by atoms with Crippen LogP contribution in [0.25, 0.3) is 0 Å². The highest BCUT2D eigenvalue weighted by Gasteiger charge is 2.33. The molecular formula is C21H23FN2O2. The van der Waals surface area contributed by atoms with Crippen molar-refractivity contribution in [3.8, 4) is 0 Å². The first-order valence-electron chi connectivity index (χ1n) is 9.01. The van der Waals surface area contributed by atoms with E-state index in [1.807, 2.05) is 30.3 Å². The van der Waals surface area contributed by atoms with Crippen LogP contribution in [-0.2, 0) is 4.79 Å². The van der Waals surface area contributed by atoms with Gasteiger partial charge in [0.1, 0.15) is 5.82 Å². The van der Waals surface area contributed by atoms with Crippen LogP contribution < -0.4 is 10.6 Å². The van der Waals surface area contributed by atoms with E-state index in [-0.39, 0.29) is 23.7 Å². The molecule has 1 aliphatic rings. The Hall–Kier alpha value is -2.69. The molecule has 136 valence electrons. The number of halogens is 1. The SMILES string of the molecule is O=C(CCCNC(=O)c1ccc(F)cc1)NC(c1ccccc1)C1CC1. The zero-order valence-electron chi connectivity index (χ0n) is 14.6. The monoisotopic (exact) mass is 354 g/mol. The summed E-state index contributed by atoms with van der Waals surface area (Å²) in [5.41, 5.74) is 1.56. The number of nitrogens with one attached hydrogen (secondary N) is 2. The van der Waals surface area contributed by atoms with Gasteiger partial charge in [0, 0.05) is 18.5 Å². The summed E-state index contributed by atoms with van der Waals surface area (Å²) in [7, 11) is 0. The number of amides is 2. The quantitative estimate of drug-likeness (QED) is 0.712. The van der Waals surface area contributed by atoms with Crippen molar-refractivity contribution in [3.05, 3.63) is 71.5 Å². The van der Waals surface area contributed by atoms with Crippen LogP contribution in [0.2, 0.25) is 0 Å². The summed E-state index contributed by atoms with van der Waals surface area (Å²) in [6.45, 7) is 0.406. The van der Waals surface area contributed by atoms with Crippen LogP contribution in [-0.4, -0.2) is 18.4 Å². The number of hydrogen-bond donors (Lipinski definition) is 2. The third-order valence-corrected chi connectivity index (χ3v) is 4.54. The third kappa shape index (κ3) is 5.15. The van der Waals surface area contributed by atoms with E-state index in [1.54, 1.807) is 0 Å². The van der Waals surface area contributed by atoms with Crippen LogP contribution in [0, 0.1) is 11.7 Å². The first kappa shape index (κ1) is 18.1. The van der Waals surface area contributed by atoms with Crippen LogP contribution in [0.1, 0.15) is 47.6 Å². The molecule has 1 fully saturated rings. The lowest BCUT2D eigenvalue weighted by Gasteiger charge is -2.19. The van der Waals surface area contributed by atoms with E-state index >= 15 is 0 Å². The van der Waals surface area contributed by atoms with E-state index in [0.717, 1.165) is 18.4 Å². The first-order chi connectivity index (χ1) is 12.6. The van der Waals surface area contributed by atoms with Crippen molar-refractivity contribution in [2.24, 2.45) is 5.92 Å². The molecule has 1 atom stereocenters. The van der Waals surface area contributed by atoms with Gasteiger partial charge in [0.05, 0.1) is 6.04 Å². The zero-order valence-corrected chi connectivity index (χ0v) is 14.6. The molecule has 0 radical (unpaired) electrons. The smallest absolute Gasteiger partial charge is 0.251 e. The largest absolute Gasteiger partial charge is 0.352 e. The fourth-order valence-electron chi connectivity index (χ4n) is 2.96. The molecule has 0 aromatic heterocycles. The summed E-state index contributed by atoms with van der Waals surface area (Å²) in [6, 6.07) is 15.5. The van der Waals surface area contributed by atoms with Crippen LogP contribution >= 0.6 is 0 Å². The highest BCUT2D eigenvalue weighted by molar-refractivity contribution is 5.94. The Morgan fingerprint density at radius 3 is 2.38 bits per heavy atom. The molecule has 2 amide bonds.